The highest BCUT2D eigenvalue weighted by Crippen LogP contribution is 2.14. The van der Waals surface area contributed by atoms with Gasteiger partial charge in [0.15, 0.2) is 0 Å². The van der Waals surface area contributed by atoms with Crippen LogP contribution in [0.1, 0.15) is 27.7 Å². The van der Waals surface area contributed by atoms with E-state index >= 15 is 0 Å². The van der Waals surface area contributed by atoms with Gasteiger partial charge in [0.2, 0.25) is 5.91 Å². The fourth-order valence-corrected chi connectivity index (χ4v) is 1.68. The first-order valence-electron chi connectivity index (χ1n) is 5.76. The van der Waals surface area contributed by atoms with Gasteiger partial charge in [-0.15, -0.1) is 11.8 Å². The largest absolute Gasteiger partial charge is 0.358 e. The number of amides is 1. The van der Waals surface area contributed by atoms with Crippen molar-refractivity contribution in [1.82, 2.24) is 15.3 Å². The fraction of sp³-hybridized carbons (Fsp3) is 0.583. The summed E-state index contributed by atoms with van der Waals surface area (Å²) in [6.07, 6.45) is 3.43. The van der Waals surface area contributed by atoms with Gasteiger partial charge in [-0.05, 0) is 34.0 Å². The molecule has 2 N–H and O–H groups in total. The van der Waals surface area contributed by atoms with E-state index in [0.29, 0.717) is 5.82 Å². The lowest BCUT2D eigenvalue weighted by Gasteiger charge is -2.23. The first-order valence-corrected chi connectivity index (χ1v) is 6.99. The Morgan fingerprint density at radius 1 is 1.39 bits per heavy atom. The van der Waals surface area contributed by atoms with E-state index in [-0.39, 0.29) is 17.5 Å². The van der Waals surface area contributed by atoms with E-state index in [1.807, 2.05) is 40.0 Å². The van der Waals surface area contributed by atoms with Crippen LogP contribution in [0.3, 0.4) is 0 Å². The highest BCUT2D eigenvalue weighted by Gasteiger charge is 2.19. The van der Waals surface area contributed by atoms with Crippen LogP contribution in [0.5, 0.6) is 0 Å². The molecule has 0 fully saturated rings. The Hall–Kier alpha value is -1.30. The van der Waals surface area contributed by atoms with E-state index in [9.17, 15) is 4.79 Å². The predicted molar refractivity (Wildman–Crippen MR) is 74.8 cm³/mol. The highest BCUT2D eigenvalue weighted by atomic mass is 32.2. The van der Waals surface area contributed by atoms with E-state index in [1.165, 1.54) is 18.1 Å². The third kappa shape index (κ3) is 4.91. The second-order valence-corrected chi connectivity index (χ2v) is 5.88. The molecule has 0 bridgehead atoms. The lowest BCUT2D eigenvalue weighted by atomic mass is 10.1. The van der Waals surface area contributed by atoms with Crippen LogP contribution in [0, 0.1) is 0 Å². The van der Waals surface area contributed by atoms with Crippen molar-refractivity contribution in [2.45, 2.75) is 44.3 Å². The van der Waals surface area contributed by atoms with Crippen molar-refractivity contribution in [1.29, 1.82) is 0 Å². The smallest absolute Gasteiger partial charge is 0.242 e. The third-order valence-electron chi connectivity index (χ3n) is 2.11. The number of thioether (sulfide) groups is 1. The second kappa shape index (κ2) is 6.04. The molecule has 1 rings (SSSR count). The molecular weight excluding hydrogens is 248 g/mol. The molecule has 0 aliphatic rings. The summed E-state index contributed by atoms with van der Waals surface area (Å²) < 4.78 is 0. The van der Waals surface area contributed by atoms with E-state index in [2.05, 4.69) is 20.6 Å². The standard InChI is InChI=1S/C12H20N4OS/c1-8(11(17)16-12(2,3)4)15-9-6-10(18-5)14-7-13-9/h6-8H,1-5H3,(H,16,17)(H,13,14,15). The van der Waals surface area contributed by atoms with E-state index in [4.69, 9.17) is 0 Å². The van der Waals surface area contributed by atoms with Gasteiger partial charge in [0.1, 0.15) is 23.2 Å². The summed E-state index contributed by atoms with van der Waals surface area (Å²) in [5.41, 5.74) is -0.233. The maximum absolute atomic E-state index is 11.9. The zero-order valence-electron chi connectivity index (χ0n) is 11.4. The maximum atomic E-state index is 11.9. The molecule has 0 radical (unpaired) electrons. The molecule has 0 saturated heterocycles. The monoisotopic (exact) mass is 268 g/mol. The van der Waals surface area contributed by atoms with Gasteiger partial charge in [0, 0.05) is 11.6 Å². The van der Waals surface area contributed by atoms with E-state index in [0.717, 1.165) is 5.03 Å². The van der Waals surface area contributed by atoms with Crippen molar-refractivity contribution in [3.63, 3.8) is 0 Å². The first kappa shape index (κ1) is 14.8. The minimum atomic E-state index is -0.339. The molecule has 1 amide bonds. The minimum absolute atomic E-state index is 0.0492. The van der Waals surface area contributed by atoms with Crippen molar-refractivity contribution in [2.75, 3.05) is 11.6 Å². The second-order valence-electron chi connectivity index (χ2n) is 5.05. The SMILES string of the molecule is CSc1cc(NC(C)C(=O)NC(C)(C)C)ncn1. The Kier molecular flexibility index (Phi) is 4.95. The van der Waals surface area contributed by atoms with Crippen molar-refractivity contribution in [3.8, 4) is 0 Å². The van der Waals surface area contributed by atoms with Crippen molar-refractivity contribution < 1.29 is 4.79 Å². The summed E-state index contributed by atoms with van der Waals surface area (Å²) >= 11 is 1.54. The van der Waals surface area contributed by atoms with Crippen LogP contribution in [0.4, 0.5) is 5.82 Å². The molecule has 1 atom stereocenters. The van der Waals surface area contributed by atoms with E-state index in [1.54, 1.807) is 0 Å². The van der Waals surface area contributed by atoms with Gasteiger partial charge in [-0.3, -0.25) is 4.79 Å². The summed E-state index contributed by atoms with van der Waals surface area (Å²) in [4.78, 5) is 20.1. The molecule has 18 heavy (non-hydrogen) atoms. The lowest BCUT2D eigenvalue weighted by molar-refractivity contribution is -0.122. The van der Waals surface area contributed by atoms with Gasteiger partial charge in [-0.25, -0.2) is 9.97 Å². The quantitative estimate of drug-likeness (QED) is 0.645. The first-order chi connectivity index (χ1) is 8.31. The summed E-state index contributed by atoms with van der Waals surface area (Å²) in [6, 6.07) is 1.49. The highest BCUT2D eigenvalue weighted by molar-refractivity contribution is 7.98. The topological polar surface area (TPSA) is 66.9 Å². The molecule has 1 heterocycles. The predicted octanol–water partition coefficient (Wildman–Crippen LogP) is 1.91. The molecule has 0 spiro atoms. The summed E-state index contributed by atoms with van der Waals surface area (Å²) in [7, 11) is 0. The molecule has 1 unspecified atom stereocenters. The zero-order valence-corrected chi connectivity index (χ0v) is 12.3. The molecule has 1 aromatic heterocycles. The summed E-state index contributed by atoms with van der Waals surface area (Å²) in [5.74, 6) is 0.609. The van der Waals surface area contributed by atoms with Gasteiger partial charge in [-0.1, -0.05) is 0 Å². The molecule has 6 heteroatoms. The van der Waals surface area contributed by atoms with Crippen LogP contribution in [0.15, 0.2) is 17.4 Å². The fourth-order valence-electron chi connectivity index (χ4n) is 1.30. The zero-order chi connectivity index (χ0) is 13.8. The lowest BCUT2D eigenvalue weighted by Crippen LogP contribution is -2.47. The number of aromatic nitrogens is 2. The maximum Gasteiger partial charge on any atom is 0.242 e. The van der Waals surface area contributed by atoms with Crippen molar-refractivity contribution >= 4 is 23.5 Å². The van der Waals surface area contributed by atoms with Crippen LogP contribution in [-0.2, 0) is 4.79 Å². The van der Waals surface area contributed by atoms with Crippen LogP contribution in [0.25, 0.3) is 0 Å². The van der Waals surface area contributed by atoms with Gasteiger partial charge in [-0.2, -0.15) is 0 Å². The van der Waals surface area contributed by atoms with Crippen molar-refractivity contribution in [2.24, 2.45) is 0 Å². The summed E-state index contributed by atoms with van der Waals surface area (Å²) in [5, 5.41) is 6.85. The third-order valence-corrected chi connectivity index (χ3v) is 2.75. The van der Waals surface area contributed by atoms with Gasteiger partial charge in [0.25, 0.3) is 0 Å². The van der Waals surface area contributed by atoms with Crippen LogP contribution >= 0.6 is 11.8 Å². The Balaban J connectivity index is 2.63. The molecule has 0 aromatic carbocycles. The molecule has 1 aromatic rings. The Bertz CT molecular complexity index is 417. The molecule has 0 saturated carbocycles. The molecule has 0 aliphatic heterocycles. The van der Waals surface area contributed by atoms with Crippen LogP contribution in [-0.4, -0.2) is 33.7 Å². The minimum Gasteiger partial charge on any atom is -0.358 e. The number of hydrogen-bond donors (Lipinski definition) is 2. The van der Waals surface area contributed by atoms with Crippen LogP contribution < -0.4 is 10.6 Å². The number of anilines is 1. The molecule has 5 nitrogen and oxygen atoms in total. The molecule has 100 valence electrons. The van der Waals surface area contributed by atoms with E-state index < -0.39 is 0 Å². The number of nitrogens with one attached hydrogen (secondary N) is 2. The average Bonchev–Trinajstić information content (AvgIpc) is 2.27. The van der Waals surface area contributed by atoms with Crippen molar-refractivity contribution in [3.05, 3.63) is 12.4 Å². The number of nitrogens with zero attached hydrogens (tertiary/aromatic N) is 2. The molecular formula is C12H20N4OS. The van der Waals surface area contributed by atoms with Gasteiger partial charge in [0.05, 0.1) is 0 Å². The normalized spacial score (nSPS) is 12.9. The average molecular weight is 268 g/mol. The number of carbonyl (C=O) groups excluding carboxylic acids is 1. The van der Waals surface area contributed by atoms with Gasteiger partial charge < -0.3 is 10.6 Å². The summed E-state index contributed by atoms with van der Waals surface area (Å²) in [6.45, 7) is 7.67. The number of rotatable bonds is 4. The Labute approximate surface area is 112 Å². The van der Waals surface area contributed by atoms with Crippen LogP contribution in [0.2, 0.25) is 0 Å². The number of carbonyl (C=O) groups is 1. The Morgan fingerprint density at radius 3 is 2.61 bits per heavy atom. The Morgan fingerprint density at radius 2 is 2.06 bits per heavy atom. The van der Waals surface area contributed by atoms with Gasteiger partial charge >= 0.3 is 0 Å². The number of hydrogen-bond acceptors (Lipinski definition) is 5. The molecule has 0 aliphatic carbocycles.